The Kier molecular flexibility index (Phi) is 11.8. The summed E-state index contributed by atoms with van der Waals surface area (Å²) in [4.78, 5) is 2.88. The summed E-state index contributed by atoms with van der Waals surface area (Å²) < 4.78 is 48.1. The topological polar surface area (TPSA) is 163 Å². The highest BCUT2D eigenvalue weighted by Gasteiger charge is 2.53. The molecule has 3 aliphatic rings. The Labute approximate surface area is 262 Å². The minimum atomic E-state index is -1.32. The van der Waals surface area contributed by atoms with E-state index in [4.69, 9.17) is 37.9 Å². The van der Waals surface area contributed by atoms with Gasteiger partial charge in [-0.05, 0) is 43.0 Å². The Bertz CT molecular complexity index is 1260. The zero-order valence-corrected chi connectivity index (χ0v) is 25.4. The number of methoxy groups -OCH3 is 1. The molecule has 0 bridgehead atoms. The van der Waals surface area contributed by atoms with E-state index in [1.54, 1.807) is 20.1 Å². The summed E-state index contributed by atoms with van der Waals surface area (Å²) in [5.74, 6) is 0.698. The Morgan fingerprint density at radius 3 is 2.49 bits per heavy atom. The molecule has 45 heavy (non-hydrogen) atoms. The SMILES string of the molecule is C=CCCCO[C@@H]1O[C@@H](C)[C@@H](O[C@@H]2O[C@@H]3COC(c4ccc(OC)cc4)O[C@H]3[C@H](OCc3ccccc3)[C@H]2O)[C@@H](O)[C@@H]1N=[N+]=[N-]. The van der Waals surface area contributed by atoms with Crippen LogP contribution in [-0.2, 0) is 39.8 Å². The number of hydrogen-bond acceptors (Lipinski definition) is 11. The van der Waals surface area contributed by atoms with Gasteiger partial charge in [0.1, 0.15) is 42.3 Å². The van der Waals surface area contributed by atoms with Crippen molar-refractivity contribution in [1.29, 1.82) is 0 Å². The summed E-state index contributed by atoms with van der Waals surface area (Å²) in [7, 11) is 1.59. The van der Waals surface area contributed by atoms with Gasteiger partial charge in [0, 0.05) is 10.5 Å². The second-order valence-electron chi connectivity index (χ2n) is 11.1. The molecule has 13 nitrogen and oxygen atoms in total. The minimum absolute atomic E-state index is 0.125. The van der Waals surface area contributed by atoms with E-state index in [9.17, 15) is 15.7 Å². The normalized spacial score (nSPS) is 34.7. The van der Waals surface area contributed by atoms with Crippen molar-refractivity contribution in [2.75, 3.05) is 20.3 Å². The van der Waals surface area contributed by atoms with Crippen LogP contribution in [0.3, 0.4) is 0 Å². The molecule has 0 amide bonds. The van der Waals surface area contributed by atoms with Crippen LogP contribution in [0.1, 0.15) is 37.2 Å². The fourth-order valence-corrected chi connectivity index (χ4v) is 5.66. The predicted molar refractivity (Wildman–Crippen MR) is 160 cm³/mol. The molecule has 0 aromatic heterocycles. The van der Waals surface area contributed by atoms with Gasteiger partial charge in [0.25, 0.3) is 0 Å². The number of azide groups is 1. The second kappa shape index (κ2) is 16.0. The number of unbranched alkanes of at least 4 members (excludes halogenated alkanes) is 1. The average Bonchev–Trinajstić information content (AvgIpc) is 3.06. The van der Waals surface area contributed by atoms with Crippen molar-refractivity contribution in [3.8, 4) is 5.75 Å². The van der Waals surface area contributed by atoms with E-state index in [1.165, 1.54) is 0 Å². The van der Waals surface area contributed by atoms with Crippen LogP contribution in [0, 0.1) is 0 Å². The molecule has 3 fully saturated rings. The Morgan fingerprint density at radius 2 is 1.78 bits per heavy atom. The molecular weight excluding hydrogens is 586 g/mol. The van der Waals surface area contributed by atoms with Gasteiger partial charge < -0.3 is 48.1 Å². The number of fused-ring (bicyclic) bond motifs is 1. The van der Waals surface area contributed by atoms with E-state index in [0.717, 1.165) is 17.5 Å². The first-order valence-electron chi connectivity index (χ1n) is 15.1. The van der Waals surface area contributed by atoms with Crippen molar-refractivity contribution in [2.24, 2.45) is 5.11 Å². The van der Waals surface area contributed by atoms with Crippen LogP contribution in [0.2, 0.25) is 0 Å². The molecule has 11 atom stereocenters. The van der Waals surface area contributed by atoms with Gasteiger partial charge in [-0.1, -0.05) is 53.7 Å². The van der Waals surface area contributed by atoms with E-state index in [0.29, 0.717) is 18.8 Å². The lowest BCUT2D eigenvalue weighted by Gasteiger charge is -2.49. The number of hydrogen-bond donors (Lipinski definition) is 2. The van der Waals surface area contributed by atoms with Crippen LogP contribution in [0.25, 0.3) is 10.4 Å². The number of benzene rings is 2. The quantitative estimate of drug-likeness (QED) is 0.109. The van der Waals surface area contributed by atoms with Gasteiger partial charge in [0.05, 0.1) is 39.1 Å². The van der Waals surface area contributed by atoms with Crippen molar-refractivity contribution in [1.82, 2.24) is 0 Å². The second-order valence-corrected chi connectivity index (χ2v) is 11.1. The van der Waals surface area contributed by atoms with Crippen LogP contribution in [0.15, 0.2) is 72.4 Å². The Morgan fingerprint density at radius 1 is 1.00 bits per heavy atom. The fourth-order valence-electron chi connectivity index (χ4n) is 5.66. The zero-order chi connectivity index (χ0) is 31.8. The molecule has 3 heterocycles. The fraction of sp³-hybridized carbons (Fsp3) is 0.562. The predicted octanol–water partition coefficient (Wildman–Crippen LogP) is 3.93. The van der Waals surface area contributed by atoms with Gasteiger partial charge in [-0.25, -0.2) is 0 Å². The van der Waals surface area contributed by atoms with Crippen molar-refractivity contribution >= 4 is 0 Å². The lowest BCUT2D eigenvalue weighted by molar-refractivity contribution is -0.383. The Hall–Kier alpha value is -3.07. The molecule has 0 radical (unpaired) electrons. The molecule has 2 N–H and O–H groups in total. The first-order valence-corrected chi connectivity index (χ1v) is 15.1. The highest BCUT2D eigenvalue weighted by Crippen LogP contribution is 2.38. The number of ether oxygens (including phenoxy) is 8. The summed E-state index contributed by atoms with van der Waals surface area (Å²) in [5.41, 5.74) is 10.9. The maximum absolute atomic E-state index is 11.6. The van der Waals surface area contributed by atoms with Gasteiger partial charge >= 0.3 is 0 Å². The summed E-state index contributed by atoms with van der Waals surface area (Å²) in [6, 6.07) is 15.8. The molecule has 0 spiro atoms. The molecule has 2 aromatic rings. The van der Waals surface area contributed by atoms with Crippen molar-refractivity contribution in [2.45, 2.75) is 94.0 Å². The summed E-state index contributed by atoms with van der Waals surface area (Å²) in [5, 5.41) is 26.6. The average molecular weight is 628 g/mol. The van der Waals surface area contributed by atoms with Crippen LogP contribution in [0.4, 0.5) is 0 Å². The van der Waals surface area contributed by atoms with Crippen molar-refractivity contribution in [3.63, 3.8) is 0 Å². The molecule has 3 saturated heterocycles. The number of nitrogens with zero attached hydrogens (tertiary/aromatic N) is 3. The minimum Gasteiger partial charge on any atom is -0.497 e. The van der Waals surface area contributed by atoms with E-state index < -0.39 is 67.6 Å². The molecular formula is C32H41N3O10. The third-order valence-electron chi connectivity index (χ3n) is 8.07. The third kappa shape index (κ3) is 8.02. The van der Waals surface area contributed by atoms with Gasteiger partial charge in [-0.15, -0.1) is 6.58 Å². The largest absolute Gasteiger partial charge is 0.497 e. The molecule has 2 aromatic carbocycles. The molecule has 244 valence electrons. The molecule has 0 aliphatic carbocycles. The van der Waals surface area contributed by atoms with E-state index in [2.05, 4.69) is 16.6 Å². The van der Waals surface area contributed by atoms with E-state index in [-0.39, 0.29) is 13.2 Å². The van der Waals surface area contributed by atoms with Crippen LogP contribution < -0.4 is 4.74 Å². The highest BCUT2D eigenvalue weighted by molar-refractivity contribution is 5.28. The maximum Gasteiger partial charge on any atom is 0.187 e. The monoisotopic (exact) mass is 627 g/mol. The van der Waals surface area contributed by atoms with Gasteiger partial charge in [0.2, 0.25) is 0 Å². The van der Waals surface area contributed by atoms with Gasteiger partial charge in [-0.3, -0.25) is 0 Å². The van der Waals surface area contributed by atoms with Gasteiger partial charge in [-0.2, -0.15) is 0 Å². The lowest BCUT2D eigenvalue weighted by atomic mass is 9.95. The number of aliphatic hydroxyl groups is 2. The molecule has 3 aliphatic heterocycles. The number of allylic oxidation sites excluding steroid dienone is 1. The van der Waals surface area contributed by atoms with Crippen molar-refractivity contribution < 1.29 is 48.1 Å². The molecule has 13 heteroatoms. The zero-order valence-electron chi connectivity index (χ0n) is 25.4. The van der Waals surface area contributed by atoms with Crippen molar-refractivity contribution in [3.05, 3.63) is 88.8 Å². The number of rotatable bonds is 13. The molecule has 5 rings (SSSR count). The third-order valence-corrected chi connectivity index (χ3v) is 8.07. The smallest absolute Gasteiger partial charge is 0.187 e. The summed E-state index contributed by atoms with van der Waals surface area (Å²) in [6.07, 6.45) is -6.39. The van der Waals surface area contributed by atoms with Gasteiger partial charge in [0.15, 0.2) is 18.9 Å². The molecule has 1 unspecified atom stereocenters. The maximum atomic E-state index is 11.6. The van der Waals surface area contributed by atoms with Crippen LogP contribution in [0.5, 0.6) is 5.75 Å². The lowest BCUT2D eigenvalue weighted by Crippen LogP contribution is -2.65. The summed E-state index contributed by atoms with van der Waals surface area (Å²) in [6.45, 7) is 6.05. The standard InChI is InChI=1S/C32H41N3O10/c1-4-5-9-16-39-31-24(34-35-33)25(36)27(19(2)42-31)44-32-26(37)29(40-17-20-10-7-6-8-11-20)28-23(43-32)18-41-30(45-28)21-12-14-22(38-3)15-13-21/h4,6-8,10-15,19,23-32,36-37H,1,5,9,16-18H2,2-3H3/t19-,23+,24-,25-,26+,27+,28+,29+,30?,31+,32-/m0/s1. The van der Waals surface area contributed by atoms with Crippen LogP contribution >= 0.6 is 0 Å². The summed E-state index contributed by atoms with van der Waals surface area (Å²) >= 11 is 0. The van der Waals surface area contributed by atoms with Crippen LogP contribution in [-0.4, -0.2) is 91.9 Å². The molecule has 0 saturated carbocycles. The number of aliphatic hydroxyl groups excluding tert-OH is 2. The first kappa shape index (κ1) is 33.3. The van der Waals surface area contributed by atoms with E-state index >= 15 is 0 Å². The first-order chi connectivity index (χ1) is 21.9. The van der Waals surface area contributed by atoms with E-state index in [1.807, 2.05) is 54.6 Å². The highest BCUT2D eigenvalue weighted by atomic mass is 16.8. The Balaban J connectivity index is 1.32.